The van der Waals surface area contributed by atoms with Gasteiger partial charge in [0, 0.05) is 7.05 Å². The third-order valence-corrected chi connectivity index (χ3v) is 3.08. The minimum Gasteiger partial charge on any atom is -0.493 e. The number of carbonyl (C=O) groups excluding carboxylic acids is 1. The molecule has 0 unspecified atom stereocenters. The van der Waals surface area contributed by atoms with Gasteiger partial charge < -0.3 is 14.4 Å². The molecule has 0 radical (unpaired) electrons. The highest BCUT2D eigenvalue weighted by molar-refractivity contribution is 5.78. The Morgan fingerprint density at radius 1 is 1.29 bits per heavy atom. The number of carbonyl (C=O) groups is 1. The summed E-state index contributed by atoms with van der Waals surface area (Å²) in [5.41, 5.74) is 0.863. The highest BCUT2D eigenvalue weighted by atomic mass is 16.5. The Kier molecular flexibility index (Phi) is 4.76. The van der Waals surface area contributed by atoms with Crippen molar-refractivity contribution in [2.45, 2.75) is 13.0 Å². The minimum absolute atomic E-state index is 0.0152. The van der Waals surface area contributed by atoms with Crippen LogP contribution in [0.5, 0.6) is 11.5 Å². The zero-order valence-corrected chi connectivity index (χ0v) is 12.3. The largest absolute Gasteiger partial charge is 0.493 e. The second kappa shape index (κ2) is 6.74. The summed E-state index contributed by atoms with van der Waals surface area (Å²) in [6, 6.07) is 5.44. The lowest BCUT2D eigenvalue weighted by Gasteiger charge is -2.16. The number of aromatic nitrogens is 3. The predicted molar refractivity (Wildman–Crippen MR) is 76.1 cm³/mol. The molecule has 21 heavy (non-hydrogen) atoms. The zero-order chi connectivity index (χ0) is 15.2. The number of hydrogen-bond donors (Lipinski definition) is 1. The lowest BCUT2D eigenvalue weighted by molar-refractivity contribution is -0.129. The van der Waals surface area contributed by atoms with E-state index < -0.39 is 0 Å². The summed E-state index contributed by atoms with van der Waals surface area (Å²) in [7, 11) is 4.87. The minimum atomic E-state index is -0.0152. The molecule has 1 N–H and O–H groups in total. The van der Waals surface area contributed by atoms with Gasteiger partial charge in [0.15, 0.2) is 11.5 Å². The normalized spacial score (nSPS) is 10.2. The Morgan fingerprint density at radius 2 is 2.05 bits per heavy atom. The molecule has 0 spiro atoms. The Balaban J connectivity index is 2.01. The number of benzene rings is 1. The van der Waals surface area contributed by atoms with Crippen LogP contribution in [0.15, 0.2) is 24.5 Å². The highest BCUT2D eigenvalue weighted by Gasteiger charge is 2.13. The first-order chi connectivity index (χ1) is 10.1. The number of amides is 1. The quantitative estimate of drug-likeness (QED) is 0.859. The van der Waals surface area contributed by atoms with E-state index in [9.17, 15) is 4.79 Å². The van der Waals surface area contributed by atoms with Gasteiger partial charge in [0.25, 0.3) is 0 Å². The number of nitrogens with one attached hydrogen (secondary N) is 1. The van der Waals surface area contributed by atoms with E-state index in [1.54, 1.807) is 38.3 Å². The summed E-state index contributed by atoms with van der Waals surface area (Å²) >= 11 is 0. The van der Waals surface area contributed by atoms with Gasteiger partial charge >= 0.3 is 0 Å². The molecule has 2 aromatic rings. The maximum Gasteiger partial charge on any atom is 0.227 e. The molecule has 2 rings (SSSR count). The van der Waals surface area contributed by atoms with E-state index in [2.05, 4.69) is 15.2 Å². The van der Waals surface area contributed by atoms with Crippen molar-refractivity contribution in [3.05, 3.63) is 35.9 Å². The molecule has 7 heteroatoms. The van der Waals surface area contributed by atoms with Gasteiger partial charge in [-0.2, -0.15) is 5.10 Å². The van der Waals surface area contributed by atoms with Gasteiger partial charge in [-0.3, -0.25) is 9.89 Å². The lowest BCUT2D eigenvalue weighted by atomic mass is 10.1. The molecule has 0 aliphatic rings. The molecule has 1 aromatic carbocycles. The summed E-state index contributed by atoms with van der Waals surface area (Å²) in [5.74, 6) is 1.89. The van der Waals surface area contributed by atoms with Crippen molar-refractivity contribution in [1.29, 1.82) is 0 Å². The first kappa shape index (κ1) is 14.8. The number of methoxy groups -OCH3 is 2. The van der Waals surface area contributed by atoms with Gasteiger partial charge in [0.05, 0.1) is 27.2 Å². The molecule has 0 saturated carbocycles. The molecule has 0 atom stereocenters. The van der Waals surface area contributed by atoms with Crippen LogP contribution in [-0.2, 0) is 17.8 Å². The summed E-state index contributed by atoms with van der Waals surface area (Å²) in [6.45, 7) is 0.395. The summed E-state index contributed by atoms with van der Waals surface area (Å²) in [5, 5.41) is 6.48. The number of rotatable bonds is 6. The number of hydrogen-bond acceptors (Lipinski definition) is 5. The molecule has 7 nitrogen and oxygen atoms in total. The van der Waals surface area contributed by atoms with E-state index >= 15 is 0 Å². The third-order valence-electron chi connectivity index (χ3n) is 3.08. The number of nitrogens with zero attached hydrogens (tertiary/aromatic N) is 3. The molecule has 112 valence electrons. The molecule has 0 aliphatic carbocycles. The molecule has 1 heterocycles. The van der Waals surface area contributed by atoms with Gasteiger partial charge in [-0.25, -0.2) is 4.98 Å². The Morgan fingerprint density at radius 3 is 2.67 bits per heavy atom. The second-order valence-corrected chi connectivity index (χ2v) is 4.55. The van der Waals surface area contributed by atoms with Crippen LogP contribution in [0.25, 0.3) is 0 Å². The van der Waals surface area contributed by atoms with Crippen LogP contribution in [0.2, 0.25) is 0 Å². The highest BCUT2D eigenvalue weighted by Crippen LogP contribution is 2.27. The number of aromatic amines is 1. The maximum absolute atomic E-state index is 12.2. The van der Waals surface area contributed by atoms with Crippen molar-refractivity contribution in [3.63, 3.8) is 0 Å². The first-order valence-electron chi connectivity index (χ1n) is 6.43. The molecule has 0 saturated heterocycles. The fourth-order valence-electron chi connectivity index (χ4n) is 1.92. The van der Waals surface area contributed by atoms with Gasteiger partial charge in [-0.05, 0) is 17.7 Å². The second-order valence-electron chi connectivity index (χ2n) is 4.55. The van der Waals surface area contributed by atoms with Crippen molar-refractivity contribution < 1.29 is 14.3 Å². The van der Waals surface area contributed by atoms with Crippen molar-refractivity contribution in [1.82, 2.24) is 20.1 Å². The van der Waals surface area contributed by atoms with E-state index in [-0.39, 0.29) is 12.3 Å². The average molecular weight is 290 g/mol. The molecule has 1 amide bonds. The fraction of sp³-hybridized carbons (Fsp3) is 0.357. The molecular weight excluding hydrogens is 272 g/mol. The summed E-state index contributed by atoms with van der Waals surface area (Å²) in [4.78, 5) is 17.8. The van der Waals surface area contributed by atoms with E-state index in [4.69, 9.17) is 9.47 Å². The standard InChI is InChI=1S/C14H18N4O3/c1-18(8-13-15-9-16-17-13)14(19)7-10-4-5-11(20-2)12(6-10)21-3/h4-6,9H,7-8H2,1-3H3,(H,15,16,17). The van der Waals surface area contributed by atoms with Crippen LogP contribution >= 0.6 is 0 Å². The summed E-state index contributed by atoms with van der Waals surface area (Å²) < 4.78 is 10.4. The van der Waals surface area contributed by atoms with Gasteiger partial charge in [0.2, 0.25) is 5.91 Å². The molecular formula is C14H18N4O3. The number of likely N-dealkylation sites (N-methyl/N-ethyl adjacent to an activating group) is 1. The Bertz CT molecular complexity index is 598. The smallest absolute Gasteiger partial charge is 0.227 e. The van der Waals surface area contributed by atoms with Crippen LogP contribution < -0.4 is 9.47 Å². The van der Waals surface area contributed by atoms with Crippen molar-refractivity contribution in [2.24, 2.45) is 0 Å². The zero-order valence-electron chi connectivity index (χ0n) is 12.3. The topological polar surface area (TPSA) is 80.3 Å². The third kappa shape index (κ3) is 3.71. The van der Waals surface area contributed by atoms with Crippen LogP contribution in [0, 0.1) is 0 Å². The predicted octanol–water partition coefficient (Wildman–Crippen LogP) is 1.02. The monoisotopic (exact) mass is 290 g/mol. The maximum atomic E-state index is 12.2. The fourth-order valence-corrected chi connectivity index (χ4v) is 1.92. The molecule has 0 fully saturated rings. The number of H-pyrrole nitrogens is 1. The van der Waals surface area contributed by atoms with Gasteiger partial charge in [-0.15, -0.1) is 0 Å². The SMILES string of the molecule is COc1ccc(CC(=O)N(C)Cc2ncn[nH]2)cc1OC. The Hall–Kier alpha value is -2.57. The molecule has 0 bridgehead atoms. The van der Waals surface area contributed by atoms with Crippen LogP contribution in [0.1, 0.15) is 11.4 Å². The van der Waals surface area contributed by atoms with Crippen LogP contribution in [-0.4, -0.2) is 47.3 Å². The lowest BCUT2D eigenvalue weighted by Crippen LogP contribution is -2.28. The van der Waals surface area contributed by atoms with E-state index in [0.717, 1.165) is 5.56 Å². The van der Waals surface area contributed by atoms with E-state index in [1.165, 1.54) is 6.33 Å². The molecule has 1 aromatic heterocycles. The number of ether oxygens (including phenoxy) is 2. The van der Waals surface area contributed by atoms with Gasteiger partial charge in [-0.1, -0.05) is 6.07 Å². The van der Waals surface area contributed by atoms with Crippen molar-refractivity contribution >= 4 is 5.91 Å². The average Bonchev–Trinajstić information content (AvgIpc) is 2.99. The van der Waals surface area contributed by atoms with Crippen molar-refractivity contribution in [3.8, 4) is 11.5 Å². The van der Waals surface area contributed by atoms with Crippen molar-refractivity contribution in [2.75, 3.05) is 21.3 Å². The van der Waals surface area contributed by atoms with E-state index in [1.807, 2.05) is 6.07 Å². The summed E-state index contributed by atoms with van der Waals surface area (Å²) in [6.07, 6.45) is 1.70. The van der Waals surface area contributed by atoms with E-state index in [0.29, 0.717) is 23.9 Å². The van der Waals surface area contributed by atoms with Crippen LogP contribution in [0.4, 0.5) is 0 Å². The van der Waals surface area contributed by atoms with Crippen LogP contribution in [0.3, 0.4) is 0 Å². The molecule has 0 aliphatic heterocycles. The van der Waals surface area contributed by atoms with Gasteiger partial charge in [0.1, 0.15) is 12.2 Å². The first-order valence-corrected chi connectivity index (χ1v) is 6.43. The Labute approximate surface area is 122 Å².